The van der Waals surface area contributed by atoms with E-state index in [1.807, 2.05) is 24.3 Å². The van der Waals surface area contributed by atoms with E-state index < -0.39 is 0 Å². The highest BCUT2D eigenvalue weighted by molar-refractivity contribution is 6.12. The van der Waals surface area contributed by atoms with Crippen molar-refractivity contribution in [1.82, 2.24) is 9.13 Å². The Hall–Kier alpha value is -6.31. The van der Waals surface area contributed by atoms with Gasteiger partial charge in [0.05, 0.1) is 33.9 Å². The van der Waals surface area contributed by atoms with Gasteiger partial charge in [0, 0.05) is 49.4 Å². The van der Waals surface area contributed by atoms with Crippen LogP contribution in [0.2, 0.25) is 0 Å². The molecule has 0 bridgehead atoms. The molecule has 47 heavy (non-hydrogen) atoms. The third-order valence-electron chi connectivity index (χ3n) is 9.78. The van der Waals surface area contributed by atoms with E-state index in [-0.39, 0.29) is 0 Å². The minimum absolute atomic E-state index is 0.631. The molecule has 1 aliphatic carbocycles. The molecular formula is C43H27N3O. The van der Waals surface area contributed by atoms with Gasteiger partial charge in [-0.05, 0) is 73.0 Å². The van der Waals surface area contributed by atoms with Crippen LogP contribution in [0.1, 0.15) is 23.2 Å². The van der Waals surface area contributed by atoms with Crippen LogP contribution in [0.25, 0.3) is 83.2 Å². The second-order valence-electron chi connectivity index (χ2n) is 12.4. The molecule has 4 heteroatoms. The molecule has 0 saturated heterocycles. The number of hydrogen-bond donors (Lipinski definition) is 0. The van der Waals surface area contributed by atoms with Gasteiger partial charge in [-0.25, -0.2) is 0 Å². The van der Waals surface area contributed by atoms with Crippen LogP contribution in [0.5, 0.6) is 0 Å². The lowest BCUT2D eigenvalue weighted by Gasteiger charge is -2.17. The Labute approximate surface area is 270 Å². The first kappa shape index (κ1) is 26.0. The number of nitriles is 1. The standard InChI is InChI=1S/C43H27N3O/c44-26-27-21-28(30-11-1-6-16-37(30)46-39-18-8-2-12-31(39)32-13-3-9-19-40(32)46)23-29(22-27)45-38-17-7-4-14-33(38)35-25-43-36(24-41(35)45)34-15-5-10-20-42(34)47-43/h1-6,8-16,18-25H,7,17H2. The Kier molecular flexibility index (Phi) is 5.44. The fourth-order valence-corrected chi connectivity index (χ4v) is 7.79. The first-order valence-corrected chi connectivity index (χ1v) is 16.1. The second kappa shape index (κ2) is 9.84. The largest absolute Gasteiger partial charge is 0.456 e. The fraction of sp³-hybridized carbons (Fsp3) is 0.0465. The molecule has 0 fully saturated rings. The van der Waals surface area contributed by atoms with E-state index in [0.717, 1.165) is 79.2 Å². The first-order chi connectivity index (χ1) is 23.3. The zero-order valence-electron chi connectivity index (χ0n) is 25.4. The van der Waals surface area contributed by atoms with Crippen LogP contribution in [0.3, 0.4) is 0 Å². The van der Waals surface area contributed by atoms with Gasteiger partial charge in [0.2, 0.25) is 0 Å². The molecule has 6 aromatic carbocycles. The molecule has 0 unspecified atom stereocenters. The zero-order valence-corrected chi connectivity index (χ0v) is 25.4. The summed E-state index contributed by atoms with van der Waals surface area (Å²) in [5.74, 6) is 0. The minimum Gasteiger partial charge on any atom is -0.456 e. The van der Waals surface area contributed by atoms with E-state index in [2.05, 4.69) is 130 Å². The summed E-state index contributed by atoms with van der Waals surface area (Å²) < 4.78 is 11.0. The monoisotopic (exact) mass is 601 g/mol. The molecule has 0 atom stereocenters. The van der Waals surface area contributed by atoms with Crippen LogP contribution >= 0.6 is 0 Å². The number of hydrogen-bond acceptors (Lipinski definition) is 2. The Morgan fingerprint density at radius 1 is 0.596 bits per heavy atom. The molecule has 0 saturated carbocycles. The maximum absolute atomic E-state index is 10.4. The molecule has 4 nitrogen and oxygen atoms in total. The van der Waals surface area contributed by atoms with Crippen molar-refractivity contribution in [3.8, 4) is 28.6 Å². The van der Waals surface area contributed by atoms with E-state index in [9.17, 15) is 5.26 Å². The minimum atomic E-state index is 0.631. The summed E-state index contributed by atoms with van der Waals surface area (Å²) in [6, 6.07) is 47.2. The maximum Gasteiger partial charge on any atom is 0.136 e. The molecule has 0 spiro atoms. The molecule has 10 rings (SSSR count). The molecule has 3 aromatic heterocycles. The molecular weight excluding hydrogens is 574 g/mol. The lowest BCUT2D eigenvalue weighted by molar-refractivity contribution is 0.669. The summed E-state index contributed by atoms with van der Waals surface area (Å²) in [4.78, 5) is 0. The van der Waals surface area contributed by atoms with Gasteiger partial charge in [0.25, 0.3) is 0 Å². The van der Waals surface area contributed by atoms with Crippen molar-refractivity contribution in [1.29, 1.82) is 5.26 Å². The summed E-state index contributed by atoms with van der Waals surface area (Å²) in [6.07, 6.45) is 6.41. The number of fused-ring (bicyclic) bond motifs is 9. The van der Waals surface area contributed by atoms with Crippen LogP contribution in [-0.4, -0.2) is 9.13 Å². The van der Waals surface area contributed by atoms with Crippen molar-refractivity contribution in [3.05, 3.63) is 150 Å². The maximum atomic E-state index is 10.4. The highest BCUT2D eigenvalue weighted by atomic mass is 16.3. The number of aromatic nitrogens is 2. The van der Waals surface area contributed by atoms with Gasteiger partial charge in [-0.1, -0.05) is 84.9 Å². The van der Waals surface area contributed by atoms with E-state index >= 15 is 0 Å². The van der Waals surface area contributed by atoms with Crippen molar-refractivity contribution in [2.24, 2.45) is 0 Å². The number of para-hydroxylation sites is 4. The van der Waals surface area contributed by atoms with Crippen LogP contribution in [0.4, 0.5) is 0 Å². The van der Waals surface area contributed by atoms with Gasteiger partial charge in [-0.2, -0.15) is 5.26 Å². The van der Waals surface area contributed by atoms with Crippen molar-refractivity contribution in [2.75, 3.05) is 0 Å². The van der Waals surface area contributed by atoms with Gasteiger partial charge in [-0.3, -0.25) is 0 Å². The van der Waals surface area contributed by atoms with Crippen LogP contribution < -0.4 is 0 Å². The van der Waals surface area contributed by atoms with Gasteiger partial charge < -0.3 is 13.6 Å². The highest BCUT2D eigenvalue weighted by Crippen LogP contribution is 2.41. The molecule has 3 heterocycles. The lowest BCUT2D eigenvalue weighted by Crippen LogP contribution is -2.04. The summed E-state index contributed by atoms with van der Waals surface area (Å²) in [5, 5.41) is 16.2. The van der Waals surface area contributed by atoms with Gasteiger partial charge in [0.1, 0.15) is 11.2 Å². The van der Waals surface area contributed by atoms with Gasteiger partial charge >= 0.3 is 0 Å². The summed E-state index contributed by atoms with van der Waals surface area (Å²) >= 11 is 0. The predicted molar refractivity (Wildman–Crippen MR) is 192 cm³/mol. The van der Waals surface area contributed by atoms with Crippen molar-refractivity contribution < 1.29 is 4.42 Å². The Morgan fingerprint density at radius 2 is 1.32 bits per heavy atom. The van der Waals surface area contributed by atoms with Crippen molar-refractivity contribution in [2.45, 2.75) is 12.8 Å². The quantitative estimate of drug-likeness (QED) is 0.202. The first-order valence-electron chi connectivity index (χ1n) is 16.1. The number of furan rings is 1. The van der Waals surface area contributed by atoms with Gasteiger partial charge in [0.15, 0.2) is 0 Å². The summed E-state index contributed by atoms with van der Waals surface area (Å²) in [7, 11) is 0. The normalized spacial score (nSPS) is 12.8. The van der Waals surface area contributed by atoms with Crippen molar-refractivity contribution >= 4 is 60.7 Å². The SMILES string of the molecule is N#Cc1cc(-c2ccccc2-n2c3ccccc3c3ccccc32)cc(-n2c3c(c4cc5oc6ccccc6c5cc42)C=CCC3)c1. The number of benzene rings is 6. The molecule has 220 valence electrons. The Bertz CT molecular complexity index is 2760. The van der Waals surface area contributed by atoms with Gasteiger partial charge in [-0.15, -0.1) is 0 Å². The average Bonchev–Trinajstić information content (AvgIpc) is 3.77. The topological polar surface area (TPSA) is 46.8 Å². The van der Waals surface area contributed by atoms with Crippen LogP contribution in [0, 0.1) is 11.3 Å². The van der Waals surface area contributed by atoms with Crippen LogP contribution in [-0.2, 0) is 6.42 Å². The number of nitrogens with zero attached hydrogens (tertiary/aromatic N) is 3. The summed E-state index contributed by atoms with van der Waals surface area (Å²) in [5.41, 5.74) is 12.5. The molecule has 0 N–H and O–H groups in total. The molecule has 0 amide bonds. The van der Waals surface area contributed by atoms with E-state index in [4.69, 9.17) is 4.42 Å². The Morgan fingerprint density at radius 3 is 2.13 bits per heavy atom. The number of rotatable bonds is 3. The highest BCUT2D eigenvalue weighted by Gasteiger charge is 2.22. The molecule has 0 aliphatic heterocycles. The smallest absolute Gasteiger partial charge is 0.136 e. The summed E-state index contributed by atoms with van der Waals surface area (Å²) in [6.45, 7) is 0. The van der Waals surface area contributed by atoms with Crippen molar-refractivity contribution in [3.63, 3.8) is 0 Å². The predicted octanol–water partition coefficient (Wildman–Crippen LogP) is 11.1. The number of allylic oxidation sites excluding steroid dienone is 1. The van der Waals surface area contributed by atoms with E-state index in [1.54, 1.807) is 0 Å². The third-order valence-corrected chi connectivity index (χ3v) is 9.78. The zero-order chi connectivity index (χ0) is 31.1. The fourth-order valence-electron chi connectivity index (χ4n) is 7.79. The molecule has 1 aliphatic rings. The average molecular weight is 602 g/mol. The van der Waals surface area contributed by atoms with E-state index in [1.165, 1.54) is 22.0 Å². The Balaban J connectivity index is 1.25. The lowest BCUT2D eigenvalue weighted by atomic mass is 9.99. The van der Waals surface area contributed by atoms with Crippen LogP contribution in [0.15, 0.2) is 138 Å². The second-order valence-corrected chi connectivity index (χ2v) is 12.4. The molecule has 9 aromatic rings. The third kappa shape index (κ3) is 3.75. The van der Waals surface area contributed by atoms with E-state index in [0.29, 0.717) is 5.56 Å². The molecule has 0 radical (unpaired) electrons.